The van der Waals surface area contributed by atoms with Gasteiger partial charge in [0, 0.05) is 23.4 Å². The summed E-state index contributed by atoms with van der Waals surface area (Å²) in [6.45, 7) is 0.205. The Kier molecular flexibility index (Phi) is 7.66. The Labute approximate surface area is 172 Å². The first kappa shape index (κ1) is 21.5. The van der Waals surface area contributed by atoms with Crippen molar-refractivity contribution < 1.29 is 23.8 Å². The molecule has 7 nitrogen and oxygen atoms in total. The first-order valence-corrected chi connectivity index (χ1v) is 8.73. The summed E-state index contributed by atoms with van der Waals surface area (Å²) in [5.74, 6) is 0.991. The second-order valence-corrected chi connectivity index (χ2v) is 6.17. The molecule has 0 aliphatic rings. The fraction of sp³-hybridized carbons (Fsp3) is 0.211. The quantitative estimate of drug-likeness (QED) is 0.488. The smallest absolute Gasteiger partial charge is 0.207 e. The molecule has 1 heterocycles. The van der Waals surface area contributed by atoms with Crippen LogP contribution >= 0.6 is 23.2 Å². The van der Waals surface area contributed by atoms with Gasteiger partial charge in [0.15, 0.2) is 6.29 Å². The second kappa shape index (κ2) is 9.96. The average molecular weight is 425 g/mol. The van der Waals surface area contributed by atoms with Gasteiger partial charge >= 0.3 is 0 Å². The Balaban J connectivity index is 2.61. The number of benzene rings is 1. The van der Waals surface area contributed by atoms with E-state index in [1.165, 1.54) is 27.5 Å². The summed E-state index contributed by atoms with van der Waals surface area (Å²) in [6.07, 6.45) is 4.31. The molecule has 2 rings (SSSR count). The maximum absolute atomic E-state index is 11.5. The number of aromatic nitrogens is 1. The highest BCUT2D eigenvalue weighted by molar-refractivity contribution is 6.39. The van der Waals surface area contributed by atoms with Gasteiger partial charge in [0.2, 0.25) is 6.41 Å². The van der Waals surface area contributed by atoms with Gasteiger partial charge in [-0.3, -0.25) is 14.6 Å². The van der Waals surface area contributed by atoms with Crippen LogP contribution in [-0.4, -0.2) is 39.0 Å². The van der Waals surface area contributed by atoms with Gasteiger partial charge in [0.25, 0.3) is 0 Å². The van der Waals surface area contributed by atoms with E-state index in [0.717, 1.165) is 0 Å². The Morgan fingerprint density at radius 2 is 1.71 bits per heavy atom. The fourth-order valence-electron chi connectivity index (χ4n) is 2.47. The number of ether oxygens (including phenoxy) is 3. The van der Waals surface area contributed by atoms with E-state index in [1.807, 2.05) is 0 Å². The largest absolute Gasteiger partial charge is 0.496 e. The third kappa shape index (κ3) is 4.55. The molecule has 0 spiro atoms. The zero-order valence-corrected chi connectivity index (χ0v) is 16.9. The first-order chi connectivity index (χ1) is 13.5. The molecule has 0 aliphatic heterocycles. The highest BCUT2D eigenvalue weighted by atomic mass is 35.5. The Bertz CT molecular complexity index is 887. The van der Waals surface area contributed by atoms with Gasteiger partial charge in [0.1, 0.15) is 17.3 Å². The standard InChI is InChI=1S/C19H18Cl2N2O5/c1-26-14(17-18(20)15(27-2)6-16(28-3)19(17)21)5-11-7-23-13(8-22-10-25)4-12(11)9-24/h4-7,9-10H,8H2,1-3H3,(H,22,25)/b14-5-. The Morgan fingerprint density at radius 1 is 1.07 bits per heavy atom. The van der Waals surface area contributed by atoms with Gasteiger partial charge in [-0.2, -0.15) is 0 Å². The van der Waals surface area contributed by atoms with Crippen LogP contribution in [0.15, 0.2) is 18.3 Å². The number of hydrogen-bond acceptors (Lipinski definition) is 6. The van der Waals surface area contributed by atoms with Crippen molar-refractivity contribution in [2.24, 2.45) is 0 Å². The Hall–Kier alpha value is -2.77. The van der Waals surface area contributed by atoms with Gasteiger partial charge in [-0.25, -0.2) is 0 Å². The minimum Gasteiger partial charge on any atom is -0.496 e. The van der Waals surface area contributed by atoms with Crippen LogP contribution in [0.25, 0.3) is 11.8 Å². The van der Waals surface area contributed by atoms with Gasteiger partial charge in [-0.15, -0.1) is 0 Å². The molecule has 0 radical (unpaired) electrons. The predicted octanol–water partition coefficient (Wildman–Crippen LogP) is 3.61. The van der Waals surface area contributed by atoms with Crippen molar-refractivity contribution in [2.45, 2.75) is 6.54 Å². The van der Waals surface area contributed by atoms with E-state index in [4.69, 9.17) is 37.4 Å². The number of halogens is 2. The number of hydrogen-bond donors (Lipinski definition) is 1. The number of pyridine rings is 1. The molecule has 2 aromatic rings. The van der Waals surface area contributed by atoms with Crippen molar-refractivity contribution in [3.8, 4) is 11.5 Å². The van der Waals surface area contributed by atoms with E-state index < -0.39 is 0 Å². The van der Waals surface area contributed by atoms with Crippen LogP contribution in [0, 0.1) is 0 Å². The summed E-state index contributed by atoms with van der Waals surface area (Å²) in [5.41, 5.74) is 1.72. The minimum absolute atomic E-state index is 0.205. The fourth-order valence-corrected chi connectivity index (χ4v) is 3.16. The molecular formula is C19H18Cl2N2O5. The number of nitrogens with one attached hydrogen (secondary N) is 1. The van der Waals surface area contributed by atoms with Gasteiger partial charge in [-0.1, -0.05) is 23.2 Å². The molecule has 0 saturated heterocycles. The lowest BCUT2D eigenvalue weighted by molar-refractivity contribution is -0.109. The summed E-state index contributed by atoms with van der Waals surface area (Å²) in [5, 5.41) is 2.95. The zero-order valence-electron chi connectivity index (χ0n) is 15.4. The molecule has 0 bridgehead atoms. The predicted molar refractivity (Wildman–Crippen MR) is 107 cm³/mol. The highest BCUT2D eigenvalue weighted by Gasteiger charge is 2.21. The third-order valence-electron chi connectivity index (χ3n) is 3.84. The number of carbonyl (C=O) groups is 2. The monoisotopic (exact) mass is 424 g/mol. The molecular weight excluding hydrogens is 407 g/mol. The summed E-state index contributed by atoms with van der Waals surface area (Å²) >= 11 is 12.9. The molecule has 1 amide bonds. The van der Waals surface area contributed by atoms with Crippen LogP contribution < -0.4 is 14.8 Å². The van der Waals surface area contributed by atoms with Crippen molar-refractivity contribution in [1.82, 2.24) is 10.3 Å². The summed E-state index contributed by atoms with van der Waals surface area (Å²) < 4.78 is 16.0. The molecule has 0 aliphatic carbocycles. The normalized spacial score (nSPS) is 11.0. The summed E-state index contributed by atoms with van der Waals surface area (Å²) in [6, 6.07) is 3.13. The van der Waals surface area contributed by atoms with E-state index >= 15 is 0 Å². The third-order valence-corrected chi connectivity index (χ3v) is 4.60. The molecule has 0 unspecified atom stereocenters. The van der Waals surface area contributed by atoms with Gasteiger partial charge in [-0.05, 0) is 12.1 Å². The van der Waals surface area contributed by atoms with Crippen LogP contribution in [0.2, 0.25) is 10.0 Å². The summed E-state index contributed by atoms with van der Waals surface area (Å²) in [7, 11) is 4.38. The maximum atomic E-state index is 11.5. The van der Waals surface area contributed by atoms with E-state index in [9.17, 15) is 9.59 Å². The molecule has 0 atom stereocenters. The lowest BCUT2D eigenvalue weighted by Gasteiger charge is -2.16. The lowest BCUT2D eigenvalue weighted by Crippen LogP contribution is -2.11. The topological polar surface area (TPSA) is 86.8 Å². The van der Waals surface area contributed by atoms with Gasteiger partial charge < -0.3 is 19.5 Å². The van der Waals surface area contributed by atoms with Crippen molar-refractivity contribution >= 4 is 47.7 Å². The number of amides is 1. The van der Waals surface area contributed by atoms with Crippen LogP contribution in [-0.2, 0) is 16.1 Å². The molecule has 1 aromatic heterocycles. The molecule has 9 heteroatoms. The van der Waals surface area contributed by atoms with E-state index in [2.05, 4.69) is 10.3 Å². The number of rotatable bonds is 9. The van der Waals surface area contributed by atoms with E-state index in [-0.39, 0.29) is 22.3 Å². The van der Waals surface area contributed by atoms with Crippen molar-refractivity contribution in [2.75, 3.05) is 21.3 Å². The lowest BCUT2D eigenvalue weighted by atomic mass is 10.1. The Morgan fingerprint density at radius 3 is 2.21 bits per heavy atom. The molecule has 28 heavy (non-hydrogen) atoms. The number of aldehydes is 1. The van der Waals surface area contributed by atoms with Crippen molar-refractivity contribution in [1.29, 1.82) is 0 Å². The first-order valence-electron chi connectivity index (χ1n) is 7.97. The summed E-state index contributed by atoms with van der Waals surface area (Å²) in [4.78, 5) is 26.2. The van der Waals surface area contributed by atoms with E-state index in [0.29, 0.717) is 46.6 Å². The van der Waals surface area contributed by atoms with Crippen molar-refractivity contribution in [3.05, 3.63) is 50.8 Å². The van der Waals surface area contributed by atoms with Crippen LogP contribution in [0.5, 0.6) is 11.5 Å². The molecule has 1 aromatic carbocycles. The van der Waals surface area contributed by atoms with Crippen LogP contribution in [0.4, 0.5) is 0 Å². The number of nitrogens with zero attached hydrogens (tertiary/aromatic N) is 1. The molecule has 0 fully saturated rings. The highest BCUT2D eigenvalue weighted by Crippen LogP contribution is 2.44. The second-order valence-electron chi connectivity index (χ2n) is 5.42. The minimum atomic E-state index is 0.205. The van der Waals surface area contributed by atoms with E-state index in [1.54, 1.807) is 18.2 Å². The van der Waals surface area contributed by atoms with Crippen LogP contribution in [0.1, 0.15) is 27.2 Å². The van der Waals surface area contributed by atoms with Crippen molar-refractivity contribution in [3.63, 3.8) is 0 Å². The molecule has 1 N–H and O–H groups in total. The van der Waals surface area contributed by atoms with Gasteiger partial charge in [0.05, 0.1) is 49.2 Å². The maximum Gasteiger partial charge on any atom is 0.207 e. The number of methoxy groups -OCH3 is 3. The number of carbonyl (C=O) groups excluding carboxylic acids is 2. The van der Waals surface area contributed by atoms with Crippen LogP contribution in [0.3, 0.4) is 0 Å². The SMILES string of the molecule is CO/C(=C\c1cnc(CNC=O)cc1C=O)c1c(Cl)c(OC)cc(OC)c1Cl. The molecule has 148 valence electrons. The zero-order chi connectivity index (χ0) is 20.7. The average Bonchev–Trinajstić information content (AvgIpc) is 2.72. The molecule has 0 saturated carbocycles.